The Morgan fingerprint density at radius 2 is 2.00 bits per heavy atom. The summed E-state index contributed by atoms with van der Waals surface area (Å²) in [4.78, 5) is 14.3. The van der Waals surface area contributed by atoms with E-state index in [9.17, 15) is 4.79 Å². The van der Waals surface area contributed by atoms with Crippen molar-refractivity contribution >= 4 is 67.4 Å². The lowest BCUT2D eigenvalue weighted by Gasteiger charge is -2.19. The van der Waals surface area contributed by atoms with Gasteiger partial charge in [0.1, 0.15) is 0 Å². The number of para-hydroxylation sites is 1. The highest BCUT2D eigenvalue weighted by atomic mass is 127. The van der Waals surface area contributed by atoms with Crippen molar-refractivity contribution in [3.05, 3.63) is 55.0 Å². The van der Waals surface area contributed by atoms with Crippen LogP contribution in [0.3, 0.4) is 0 Å². The smallest absolute Gasteiger partial charge is 0.256 e. The molecule has 0 saturated carbocycles. The lowest BCUT2D eigenvalue weighted by molar-refractivity contribution is 0.102. The normalized spacial score (nSPS) is 10.3. The van der Waals surface area contributed by atoms with E-state index in [1.807, 2.05) is 49.3 Å². The second-order valence-electron chi connectivity index (χ2n) is 4.61. The van der Waals surface area contributed by atoms with Crippen molar-refractivity contribution in [1.29, 1.82) is 0 Å². The highest BCUT2D eigenvalue weighted by Gasteiger charge is 2.15. The molecule has 2 aromatic rings. The molecule has 0 aliphatic rings. The first-order valence-corrected chi connectivity index (χ1v) is 8.37. The summed E-state index contributed by atoms with van der Waals surface area (Å²) in [5, 5.41) is 3.52. The first kappa shape index (κ1) is 16.6. The molecule has 0 aromatic heterocycles. The van der Waals surface area contributed by atoms with Crippen LogP contribution in [-0.4, -0.2) is 20.0 Å². The van der Waals surface area contributed by atoms with E-state index in [1.54, 1.807) is 6.07 Å². The Kier molecular flexibility index (Phi) is 5.51. The highest BCUT2D eigenvalue weighted by Crippen LogP contribution is 2.33. The summed E-state index contributed by atoms with van der Waals surface area (Å²) in [5.41, 5.74) is 2.06. The van der Waals surface area contributed by atoms with Gasteiger partial charge in [-0.05, 0) is 68.9 Å². The van der Waals surface area contributed by atoms with Crippen LogP contribution in [-0.2, 0) is 0 Å². The Bertz CT molecular complexity index is 691. The molecule has 0 radical (unpaired) electrons. The molecule has 2 aromatic carbocycles. The Labute approximate surface area is 150 Å². The van der Waals surface area contributed by atoms with Crippen LogP contribution in [0.15, 0.2) is 40.9 Å². The number of nitrogens with zero attached hydrogens (tertiary/aromatic N) is 1. The number of carbonyl (C=O) groups is 1. The van der Waals surface area contributed by atoms with Crippen LogP contribution >= 0.6 is 50.1 Å². The molecule has 1 amide bonds. The summed E-state index contributed by atoms with van der Waals surface area (Å²) in [6.45, 7) is 0. The third kappa shape index (κ3) is 3.90. The second-order valence-corrected chi connectivity index (χ2v) is 7.12. The van der Waals surface area contributed by atoms with Gasteiger partial charge in [0.25, 0.3) is 5.91 Å². The van der Waals surface area contributed by atoms with Gasteiger partial charge in [0.15, 0.2) is 0 Å². The summed E-state index contributed by atoms with van der Waals surface area (Å²) >= 11 is 11.8. The fourth-order valence-corrected chi connectivity index (χ4v) is 3.19. The average Bonchev–Trinajstić information content (AvgIpc) is 2.41. The van der Waals surface area contributed by atoms with E-state index >= 15 is 0 Å². The van der Waals surface area contributed by atoms with E-state index in [2.05, 4.69) is 43.8 Å². The summed E-state index contributed by atoms with van der Waals surface area (Å²) < 4.78 is 1.76. The van der Waals surface area contributed by atoms with Crippen molar-refractivity contribution in [3.63, 3.8) is 0 Å². The maximum absolute atomic E-state index is 12.5. The van der Waals surface area contributed by atoms with E-state index < -0.39 is 0 Å². The van der Waals surface area contributed by atoms with E-state index in [0.29, 0.717) is 16.3 Å². The molecule has 6 heteroatoms. The zero-order valence-corrected chi connectivity index (χ0v) is 16.0. The molecule has 0 saturated heterocycles. The van der Waals surface area contributed by atoms with Gasteiger partial charge in [0.2, 0.25) is 0 Å². The molecule has 0 unspecified atom stereocenters. The number of amides is 1. The topological polar surface area (TPSA) is 32.3 Å². The van der Waals surface area contributed by atoms with Crippen LogP contribution < -0.4 is 10.2 Å². The maximum Gasteiger partial charge on any atom is 0.256 e. The van der Waals surface area contributed by atoms with Crippen LogP contribution in [0.2, 0.25) is 5.02 Å². The minimum Gasteiger partial charge on any atom is -0.375 e. The minimum atomic E-state index is -0.175. The Balaban J connectivity index is 2.36. The van der Waals surface area contributed by atoms with Gasteiger partial charge in [-0.3, -0.25) is 4.79 Å². The quantitative estimate of drug-likeness (QED) is 0.627. The van der Waals surface area contributed by atoms with E-state index in [1.165, 1.54) is 0 Å². The van der Waals surface area contributed by atoms with Crippen LogP contribution in [0.25, 0.3) is 0 Å². The molecular formula is C15H13BrClIN2O. The summed E-state index contributed by atoms with van der Waals surface area (Å²) in [7, 11) is 3.77. The van der Waals surface area contributed by atoms with Crippen molar-refractivity contribution < 1.29 is 4.79 Å². The van der Waals surface area contributed by atoms with Crippen molar-refractivity contribution in [3.8, 4) is 0 Å². The first-order chi connectivity index (χ1) is 9.90. The van der Waals surface area contributed by atoms with E-state index in [0.717, 1.165) is 13.7 Å². The number of carbonyl (C=O) groups excluding carboxylic acids is 1. The van der Waals surface area contributed by atoms with Crippen LogP contribution in [0, 0.1) is 3.57 Å². The zero-order chi connectivity index (χ0) is 15.6. The SMILES string of the molecule is CN(C)c1c(Cl)cccc1NC(=O)c1cc(I)ccc1Br. The third-order valence-electron chi connectivity index (χ3n) is 2.86. The minimum absolute atomic E-state index is 0.175. The van der Waals surface area contributed by atoms with Crippen molar-refractivity contribution in [2.75, 3.05) is 24.3 Å². The van der Waals surface area contributed by atoms with Gasteiger partial charge < -0.3 is 10.2 Å². The fourth-order valence-electron chi connectivity index (χ4n) is 1.93. The van der Waals surface area contributed by atoms with Gasteiger partial charge in [-0.15, -0.1) is 0 Å². The largest absolute Gasteiger partial charge is 0.375 e. The Morgan fingerprint density at radius 1 is 1.29 bits per heavy atom. The van der Waals surface area contributed by atoms with Gasteiger partial charge in [-0.25, -0.2) is 0 Å². The van der Waals surface area contributed by atoms with Crippen LogP contribution in [0.1, 0.15) is 10.4 Å². The lowest BCUT2D eigenvalue weighted by Crippen LogP contribution is -2.17. The molecule has 3 nitrogen and oxygen atoms in total. The van der Waals surface area contributed by atoms with Crippen molar-refractivity contribution in [2.24, 2.45) is 0 Å². The number of hydrogen-bond donors (Lipinski definition) is 1. The predicted molar refractivity (Wildman–Crippen MR) is 101 cm³/mol. The Hall–Kier alpha value is -0.790. The van der Waals surface area contributed by atoms with E-state index in [4.69, 9.17) is 11.6 Å². The number of nitrogens with one attached hydrogen (secondary N) is 1. The van der Waals surface area contributed by atoms with Gasteiger partial charge in [-0.2, -0.15) is 0 Å². The molecule has 0 fully saturated rings. The molecule has 0 bridgehead atoms. The molecule has 0 atom stereocenters. The number of benzene rings is 2. The fraction of sp³-hybridized carbons (Fsp3) is 0.133. The zero-order valence-electron chi connectivity index (χ0n) is 11.5. The molecule has 0 heterocycles. The Morgan fingerprint density at radius 3 is 2.67 bits per heavy atom. The molecule has 2 rings (SSSR count). The molecule has 0 aliphatic carbocycles. The van der Waals surface area contributed by atoms with Crippen LogP contribution in [0.5, 0.6) is 0 Å². The standard InChI is InChI=1S/C15H13BrClIN2O/c1-20(2)14-12(17)4-3-5-13(14)19-15(21)10-8-9(18)6-7-11(10)16/h3-8H,1-2H3,(H,19,21). The number of hydrogen-bond acceptors (Lipinski definition) is 2. The molecule has 110 valence electrons. The third-order valence-corrected chi connectivity index (χ3v) is 4.52. The summed E-state index contributed by atoms with van der Waals surface area (Å²) in [6.07, 6.45) is 0. The maximum atomic E-state index is 12.5. The lowest BCUT2D eigenvalue weighted by atomic mass is 10.2. The van der Waals surface area contributed by atoms with E-state index in [-0.39, 0.29) is 5.91 Å². The van der Waals surface area contributed by atoms with Crippen LogP contribution in [0.4, 0.5) is 11.4 Å². The molecular weight excluding hydrogens is 466 g/mol. The number of anilines is 2. The van der Waals surface area contributed by atoms with Gasteiger partial charge >= 0.3 is 0 Å². The van der Waals surface area contributed by atoms with Gasteiger partial charge in [0.05, 0.1) is 22.0 Å². The highest BCUT2D eigenvalue weighted by molar-refractivity contribution is 14.1. The van der Waals surface area contributed by atoms with Gasteiger partial charge in [0, 0.05) is 22.1 Å². The summed E-state index contributed by atoms with van der Waals surface area (Å²) in [5.74, 6) is -0.175. The van der Waals surface area contributed by atoms with Crippen molar-refractivity contribution in [2.45, 2.75) is 0 Å². The number of halogens is 3. The monoisotopic (exact) mass is 478 g/mol. The molecule has 0 aliphatic heterocycles. The second kappa shape index (κ2) is 6.98. The molecule has 0 spiro atoms. The number of rotatable bonds is 3. The van der Waals surface area contributed by atoms with Gasteiger partial charge in [-0.1, -0.05) is 17.7 Å². The molecule has 21 heavy (non-hydrogen) atoms. The average molecular weight is 480 g/mol. The van der Waals surface area contributed by atoms with Crippen molar-refractivity contribution in [1.82, 2.24) is 0 Å². The molecule has 1 N–H and O–H groups in total. The first-order valence-electron chi connectivity index (χ1n) is 6.12. The summed E-state index contributed by atoms with van der Waals surface area (Å²) in [6, 6.07) is 11.1. The predicted octanol–water partition coefficient (Wildman–Crippen LogP) is 5.03.